The van der Waals surface area contributed by atoms with Gasteiger partial charge in [-0.15, -0.1) is 0 Å². The molecule has 0 atom stereocenters. The van der Waals surface area contributed by atoms with Crippen LogP contribution in [0, 0.1) is 6.92 Å². The van der Waals surface area contributed by atoms with Crippen LogP contribution in [0.3, 0.4) is 0 Å². The summed E-state index contributed by atoms with van der Waals surface area (Å²) in [4.78, 5) is 0. The van der Waals surface area contributed by atoms with E-state index in [-0.39, 0.29) is 0 Å². The summed E-state index contributed by atoms with van der Waals surface area (Å²) >= 11 is 6.08. The summed E-state index contributed by atoms with van der Waals surface area (Å²) in [6.07, 6.45) is 0. The Kier molecular flexibility index (Phi) is 3.63. The van der Waals surface area contributed by atoms with Crippen LogP contribution in [-0.2, 0) is 0 Å². The SMILES string of the molecule is COc1ccc(Nc2ccc(N)cc2C)cc1Cl. The van der Waals surface area contributed by atoms with Gasteiger partial charge in [-0.25, -0.2) is 0 Å². The number of methoxy groups -OCH3 is 1. The van der Waals surface area contributed by atoms with E-state index >= 15 is 0 Å². The van der Waals surface area contributed by atoms with Crippen molar-refractivity contribution in [3.05, 3.63) is 47.0 Å². The molecular formula is C14H15ClN2O. The predicted octanol–water partition coefficient (Wildman–Crippen LogP) is 3.98. The van der Waals surface area contributed by atoms with Crippen molar-refractivity contribution in [3.8, 4) is 5.75 Å². The molecule has 0 saturated carbocycles. The number of nitrogen functional groups attached to an aromatic ring is 1. The third kappa shape index (κ3) is 2.68. The van der Waals surface area contributed by atoms with E-state index in [1.807, 2.05) is 43.3 Å². The first-order chi connectivity index (χ1) is 8.60. The molecule has 0 fully saturated rings. The fraction of sp³-hybridized carbons (Fsp3) is 0.143. The molecule has 0 aliphatic heterocycles. The molecule has 0 aliphatic carbocycles. The van der Waals surface area contributed by atoms with Gasteiger partial charge in [0, 0.05) is 17.1 Å². The van der Waals surface area contributed by atoms with Crippen molar-refractivity contribution in [2.24, 2.45) is 0 Å². The number of aryl methyl sites for hydroxylation is 1. The highest BCUT2D eigenvalue weighted by atomic mass is 35.5. The molecule has 0 heterocycles. The van der Waals surface area contributed by atoms with Crippen LogP contribution in [0.2, 0.25) is 5.02 Å². The van der Waals surface area contributed by atoms with Gasteiger partial charge in [0.05, 0.1) is 12.1 Å². The summed E-state index contributed by atoms with van der Waals surface area (Å²) in [7, 11) is 1.60. The summed E-state index contributed by atoms with van der Waals surface area (Å²) in [6, 6.07) is 11.3. The maximum Gasteiger partial charge on any atom is 0.137 e. The molecule has 0 unspecified atom stereocenters. The minimum absolute atomic E-state index is 0.579. The van der Waals surface area contributed by atoms with E-state index in [0.717, 1.165) is 22.6 Å². The number of nitrogens with one attached hydrogen (secondary N) is 1. The predicted molar refractivity (Wildman–Crippen MR) is 76.9 cm³/mol. The third-order valence-electron chi connectivity index (χ3n) is 2.68. The Balaban J connectivity index is 2.26. The van der Waals surface area contributed by atoms with Gasteiger partial charge >= 0.3 is 0 Å². The lowest BCUT2D eigenvalue weighted by Gasteiger charge is -2.11. The molecule has 2 aromatic rings. The molecule has 0 radical (unpaired) electrons. The third-order valence-corrected chi connectivity index (χ3v) is 2.98. The van der Waals surface area contributed by atoms with Crippen LogP contribution in [0.5, 0.6) is 5.75 Å². The molecule has 0 amide bonds. The van der Waals surface area contributed by atoms with E-state index in [2.05, 4.69) is 5.32 Å². The summed E-state index contributed by atoms with van der Waals surface area (Å²) in [6.45, 7) is 2.00. The van der Waals surface area contributed by atoms with E-state index < -0.39 is 0 Å². The van der Waals surface area contributed by atoms with Crippen LogP contribution < -0.4 is 15.8 Å². The first kappa shape index (κ1) is 12.6. The van der Waals surface area contributed by atoms with Crippen LogP contribution >= 0.6 is 11.6 Å². The summed E-state index contributed by atoms with van der Waals surface area (Å²) < 4.78 is 5.11. The maximum atomic E-state index is 6.08. The van der Waals surface area contributed by atoms with Crippen molar-refractivity contribution in [2.75, 3.05) is 18.2 Å². The lowest BCUT2D eigenvalue weighted by Crippen LogP contribution is -1.95. The first-order valence-corrected chi connectivity index (χ1v) is 5.94. The van der Waals surface area contributed by atoms with Crippen LogP contribution in [0.15, 0.2) is 36.4 Å². The van der Waals surface area contributed by atoms with Crippen LogP contribution in [0.1, 0.15) is 5.56 Å². The number of rotatable bonds is 3. The second-order valence-electron chi connectivity index (χ2n) is 4.05. The fourth-order valence-corrected chi connectivity index (χ4v) is 1.98. The molecule has 0 aliphatic rings. The highest BCUT2D eigenvalue weighted by Crippen LogP contribution is 2.29. The number of anilines is 3. The van der Waals surface area contributed by atoms with E-state index in [4.69, 9.17) is 22.1 Å². The monoisotopic (exact) mass is 262 g/mol. The topological polar surface area (TPSA) is 47.3 Å². The van der Waals surface area contributed by atoms with E-state index in [9.17, 15) is 0 Å². The summed E-state index contributed by atoms with van der Waals surface area (Å²) in [5.74, 6) is 0.663. The van der Waals surface area contributed by atoms with Crippen LogP contribution in [0.4, 0.5) is 17.1 Å². The molecular weight excluding hydrogens is 248 g/mol. The standard InChI is InChI=1S/C14H15ClN2O/c1-9-7-10(16)3-5-13(9)17-11-4-6-14(18-2)12(15)8-11/h3-8,17H,16H2,1-2H3. The second-order valence-corrected chi connectivity index (χ2v) is 4.46. The highest BCUT2D eigenvalue weighted by molar-refractivity contribution is 6.32. The zero-order valence-electron chi connectivity index (χ0n) is 10.3. The highest BCUT2D eigenvalue weighted by Gasteiger charge is 2.03. The average Bonchev–Trinajstić information content (AvgIpc) is 2.33. The molecule has 0 aromatic heterocycles. The zero-order chi connectivity index (χ0) is 13.1. The molecule has 4 heteroatoms. The molecule has 18 heavy (non-hydrogen) atoms. The quantitative estimate of drug-likeness (QED) is 0.823. The Morgan fingerprint density at radius 3 is 2.56 bits per heavy atom. The molecule has 3 nitrogen and oxygen atoms in total. The number of ether oxygens (including phenoxy) is 1. The first-order valence-electron chi connectivity index (χ1n) is 5.57. The van der Waals surface area contributed by atoms with Gasteiger partial charge in [-0.05, 0) is 48.9 Å². The number of benzene rings is 2. The second kappa shape index (κ2) is 5.19. The Labute approximate surface area is 112 Å². The Morgan fingerprint density at radius 1 is 1.17 bits per heavy atom. The van der Waals surface area contributed by atoms with Gasteiger partial charge in [0.15, 0.2) is 0 Å². The Bertz CT molecular complexity index is 570. The summed E-state index contributed by atoms with van der Waals surface area (Å²) in [5, 5.41) is 3.88. The van der Waals surface area contributed by atoms with Crippen molar-refractivity contribution in [3.63, 3.8) is 0 Å². The lowest BCUT2D eigenvalue weighted by atomic mass is 10.1. The van der Waals surface area contributed by atoms with Gasteiger partial charge in [0.25, 0.3) is 0 Å². The van der Waals surface area contributed by atoms with Gasteiger partial charge in [-0.1, -0.05) is 11.6 Å². The smallest absolute Gasteiger partial charge is 0.137 e. The average molecular weight is 263 g/mol. The van der Waals surface area contributed by atoms with Crippen molar-refractivity contribution in [1.29, 1.82) is 0 Å². The van der Waals surface area contributed by atoms with Gasteiger partial charge in [-0.2, -0.15) is 0 Å². The maximum absolute atomic E-state index is 6.08. The number of halogens is 1. The van der Waals surface area contributed by atoms with Gasteiger partial charge in [0.2, 0.25) is 0 Å². The number of hydrogen-bond acceptors (Lipinski definition) is 3. The minimum Gasteiger partial charge on any atom is -0.495 e. The van der Waals surface area contributed by atoms with Gasteiger partial charge in [0.1, 0.15) is 5.75 Å². The largest absolute Gasteiger partial charge is 0.495 e. The van der Waals surface area contributed by atoms with E-state index in [1.165, 1.54) is 0 Å². The normalized spacial score (nSPS) is 10.2. The van der Waals surface area contributed by atoms with Crippen LogP contribution in [-0.4, -0.2) is 7.11 Å². The molecule has 0 bridgehead atoms. The van der Waals surface area contributed by atoms with Gasteiger partial charge in [-0.3, -0.25) is 0 Å². The van der Waals surface area contributed by atoms with Crippen molar-refractivity contribution in [1.82, 2.24) is 0 Å². The fourth-order valence-electron chi connectivity index (χ4n) is 1.73. The van der Waals surface area contributed by atoms with E-state index in [0.29, 0.717) is 10.8 Å². The molecule has 0 spiro atoms. The van der Waals surface area contributed by atoms with Crippen molar-refractivity contribution in [2.45, 2.75) is 6.92 Å². The molecule has 2 aromatic carbocycles. The molecule has 2 rings (SSSR count). The summed E-state index contributed by atoms with van der Waals surface area (Å²) in [5.41, 5.74) is 9.47. The van der Waals surface area contributed by atoms with Crippen LogP contribution in [0.25, 0.3) is 0 Å². The van der Waals surface area contributed by atoms with Crippen molar-refractivity contribution >= 4 is 28.7 Å². The molecule has 3 N–H and O–H groups in total. The molecule has 0 saturated heterocycles. The van der Waals surface area contributed by atoms with Crippen molar-refractivity contribution < 1.29 is 4.74 Å². The molecule has 94 valence electrons. The number of nitrogens with two attached hydrogens (primary N) is 1. The van der Waals surface area contributed by atoms with Gasteiger partial charge < -0.3 is 15.8 Å². The van der Waals surface area contributed by atoms with E-state index in [1.54, 1.807) is 7.11 Å². The minimum atomic E-state index is 0.579. The Morgan fingerprint density at radius 2 is 1.94 bits per heavy atom. The Hall–Kier alpha value is -1.87. The zero-order valence-corrected chi connectivity index (χ0v) is 11.1. The number of hydrogen-bond donors (Lipinski definition) is 2. The lowest BCUT2D eigenvalue weighted by molar-refractivity contribution is 0.415.